The topological polar surface area (TPSA) is 136 Å². The zero-order valence-electron chi connectivity index (χ0n) is 15.6. The van der Waals surface area contributed by atoms with Crippen molar-refractivity contribution in [2.75, 3.05) is 52.6 Å². The fourth-order valence-corrected chi connectivity index (χ4v) is 5.03. The number of nitro benzene ring substituents is 1. The quantitative estimate of drug-likeness (QED) is 0.347. The third-order valence-electron chi connectivity index (χ3n) is 4.77. The molecule has 0 aromatic heterocycles. The van der Waals surface area contributed by atoms with E-state index in [4.69, 9.17) is 9.47 Å². The molecule has 1 aromatic rings. The minimum Gasteiger partial charge on any atom is -0.378 e. The molecule has 2 heterocycles. The second kappa shape index (κ2) is 8.84. The maximum atomic E-state index is 13.4. The molecule has 2 aliphatic heterocycles. The molecule has 0 atom stereocenters. The number of carbonyl (C=O) groups excluding carboxylic acids is 2. The van der Waals surface area contributed by atoms with Crippen molar-refractivity contribution in [2.24, 2.45) is 0 Å². The SMILES string of the molecule is O=C(C(C(=O)N1CCOCC1)S(=O)(=O)c1ccccc1[N+](=O)[O-])N1CCOCC1. The Balaban J connectivity index is 2.05. The fraction of sp³-hybridized carbons (Fsp3) is 0.529. The Morgan fingerprint density at radius 1 is 0.931 bits per heavy atom. The van der Waals surface area contributed by atoms with Crippen LogP contribution in [-0.4, -0.2) is 92.8 Å². The van der Waals surface area contributed by atoms with E-state index < -0.39 is 42.4 Å². The largest absolute Gasteiger partial charge is 0.378 e. The van der Waals surface area contributed by atoms with E-state index in [0.29, 0.717) is 0 Å². The van der Waals surface area contributed by atoms with Crippen molar-refractivity contribution in [1.82, 2.24) is 9.80 Å². The molecule has 2 amide bonds. The van der Waals surface area contributed by atoms with Gasteiger partial charge in [0.1, 0.15) is 4.90 Å². The first kappa shape index (κ1) is 21.1. The first-order chi connectivity index (χ1) is 13.8. The van der Waals surface area contributed by atoms with Gasteiger partial charge in [0.05, 0.1) is 31.4 Å². The first-order valence-electron chi connectivity index (χ1n) is 9.04. The van der Waals surface area contributed by atoms with Gasteiger partial charge >= 0.3 is 0 Å². The molecule has 0 bridgehead atoms. The Morgan fingerprint density at radius 3 is 1.83 bits per heavy atom. The van der Waals surface area contributed by atoms with E-state index >= 15 is 0 Å². The van der Waals surface area contributed by atoms with Gasteiger partial charge in [-0.2, -0.15) is 0 Å². The number of sulfone groups is 1. The van der Waals surface area contributed by atoms with Crippen molar-refractivity contribution in [3.05, 3.63) is 34.4 Å². The third kappa shape index (κ3) is 4.38. The van der Waals surface area contributed by atoms with Crippen LogP contribution in [0, 0.1) is 10.1 Å². The summed E-state index contributed by atoms with van der Waals surface area (Å²) in [7, 11) is -4.68. The number of nitrogens with zero attached hydrogens (tertiary/aromatic N) is 3. The zero-order chi connectivity index (χ0) is 21.0. The molecule has 1 aromatic carbocycles. The Morgan fingerprint density at radius 2 is 1.38 bits per heavy atom. The van der Waals surface area contributed by atoms with Gasteiger partial charge in [0, 0.05) is 32.2 Å². The Kier molecular flexibility index (Phi) is 6.45. The molecule has 0 aliphatic carbocycles. The van der Waals surface area contributed by atoms with Crippen LogP contribution in [0.15, 0.2) is 29.2 Å². The fourth-order valence-electron chi connectivity index (χ4n) is 3.25. The molecule has 0 saturated carbocycles. The molecule has 3 rings (SSSR count). The normalized spacial score (nSPS) is 18.0. The van der Waals surface area contributed by atoms with Crippen LogP contribution in [0.1, 0.15) is 0 Å². The van der Waals surface area contributed by atoms with E-state index in [2.05, 4.69) is 0 Å². The number of carbonyl (C=O) groups is 2. The second-order valence-corrected chi connectivity index (χ2v) is 8.53. The van der Waals surface area contributed by atoms with Gasteiger partial charge in [0.25, 0.3) is 17.5 Å². The molecule has 11 nitrogen and oxygen atoms in total. The number of morpholine rings is 2. The molecule has 2 aliphatic rings. The van der Waals surface area contributed by atoms with E-state index in [1.165, 1.54) is 21.9 Å². The maximum Gasteiger partial charge on any atom is 0.288 e. The summed E-state index contributed by atoms with van der Waals surface area (Å²) < 4.78 is 37.1. The third-order valence-corrected chi connectivity index (χ3v) is 6.76. The van der Waals surface area contributed by atoms with E-state index in [9.17, 15) is 28.1 Å². The van der Waals surface area contributed by atoms with Crippen molar-refractivity contribution in [3.63, 3.8) is 0 Å². The van der Waals surface area contributed by atoms with E-state index in [1.807, 2.05) is 0 Å². The van der Waals surface area contributed by atoms with Crippen LogP contribution < -0.4 is 0 Å². The molecular weight excluding hydrogens is 406 g/mol. The van der Waals surface area contributed by atoms with Gasteiger partial charge in [-0.25, -0.2) is 8.42 Å². The van der Waals surface area contributed by atoms with Crippen LogP contribution in [-0.2, 0) is 28.9 Å². The minimum absolute atomic E-state index is 0.137. The summed E-state index contributed by atoms with van der Waals surface area (Å²) in [6.07, 6.45) is 0. The van der Waals surface area contributed by atoms with Crippen LogP contribution >= 0.6 is 0 Å². The summed E-state index contributed by atoms with van der Waals surface area (Å²) in [5.74, 6) is -1.80. The Bertz CT molecular complexity index is 862. The van der Waals surface area contributed by atoms with Crippen LogP contribution in [0.5, 0.6) is 0 Å². The number of para-hydroxylation sites is 1. The van der Waals surface area contributed by atoms with Gasteiger partial charge in [-0.05, 0) is 6.07 Å². The van der Waals surface area contributed by atoms with Gasteiger partial charge in [-0.15, -0.1) is 0 Å². The lowest BCUT2D eigenvalue weighted by molar-refractivity contribution is -0.387. The maximum absolute atomic E-state index is 13.4. The van der Waals surface area contributed by atoms with Gasteiger partial charge in [0.15, 0.2) is 0 Å². The molecule has 158 valence electrons. The van der Waals surface area contributed by atoms with Gasteiger partial charge in [-0.3, -0.25) is 19.7 Å². The highest BCUT2D eigenvalue weighted by molar-refractivity contribution is 7.93. The van der Waals surface area contributed by atoms with Gasteiger partial charge in [-0.1, -0.05) is 12.1 Å². The molecule has 0 N–H and O–H groups in total. The Hall–Kier alpha value is -2.57. The Labute approximate surface area is 167 Å². The lowest BCUT2D eigenvalue weighted by Gasteiger charge is -2.33. The standard InChI is InChI=1S/C17H21N3O8S/c21-16(18-5-9-27-10-6-18)15(17(22)19-7-11-28-12-8-19)29(25,26)14-4-2-1-3-13(14)20(23)24/h1-4,15H,5-12H2. The summed E-state index contributed by atoms with van der Waals surface area (Å²) in [5, 5.41) is 9.25. The summed E-state index contributed by atoms with van der Waals surface area (Å²) in [6, 6.07) is 4.71. The highest BCUT2D eigenvalue weighted by atomic mass is 32.2. The smallest absolute Gasteiger partial charge is 0.288 e. The second-order valence-electron chi connectivity index (χ2n) is 6.53. The van der Waals surface area contributed by atoms with Gasteiger partial charge in [0.2, 0.25) is 15.1 Å². The minimum atomic E-state index is -4.68. The molecule has 2 saturated heterocycles. The van der Waals surface area contributed by atoms with E-state index in [1.54, 1.807) is 0 Å². The van der Waals surface area contributed by atoms with Crippen LogP contribution in [0.4, 0.5) is 5.69 Å². The molecule has 2 fully saturated rings. The van der Waals surface area contributed by atoms with Crippen molar-refractivity contribution < 1.29 is 32.4 Å². The van der Waals surface area contributed by atoms with E-state index in [0.717, 1.165) is 12.1 Å². The molecule has 0 unspecified atom stereocenters. The van der Waals surface area contributed by atoms with Crippen molar-refractivity contribution in [3.8, 4) is 0 Å². The summed E-state index contributed by atoms with van der Waals surface area (Å²) >= 11 is 0. The highest BCUT2D eigenvalue weighted by Crippen LogP contribution is 2.28. The molecule has 0 radical (unpaired) electrons. The number of rotatable bonds is 5. The number of amides is 2. The monoisotopic (exact) mass is 427 g/mol. The van der Waals surface area contributed by atoms with Crippen LogP contribution in [0.25, 0.3) is 0 Å². The number of ether oxygens (including phenoxy) is 2. The molecule has 0 spiro atoms. The highest BCUT2D eigenvalue weighted by Gasteiger charge is 2.47. The first-order valence-corrected chi connectivity index (χ1v) is 10.6. The van der Waals surface area contributed by atoms with E-state index in [-0.39, 0.29) is 52.6 Å². The van der Waals surface area contributed by atoms with Crippen LogP contribution in [0.3, 0.4) is 0 Å². The lowest BCUT2D eigenvalue weighted by atomic mass is 10.2. The number of nitro groups is 1. The molecule has 29 heavy (non-hydrogen) atoms. The van der Waals surface area contributed by atoms with Gasteiger partial charge < -0.3 is 19.3 Å². The van der Waals surface area contributed by atoms with Crippen LogP contribution in [0.2, 0.25) is 0 Å². The van der Waals surface area contributed by atoms with Crippen molar-refractivity contribution in [2.45, 2.75) is 10.1 Å². The predicted octanol–water partition coefficient (Wildman–Crippen LogP) is -0.545. The number of hydrogen-bond acceptors (Lipinski definition) is 8. The lowest BCUT2D eigenvalue weighted by Crippen LogP contribution is -2.56. The molecule has 12 heteroatoms. The number of benzene rings is 1. The average Bonchev–Trinajstić information content (AvgIpc) is 2.74. The average molecular weight is 427 g/mol. The summed E-state index contributed by atoms with van der Waals surface area (Å²) in [4.78, 5) is 38.6. The predicted molar refractivity (Wildman–Crippen MR) is 98.9 cm³/mol. The van der Waals surface area contributed by atoms with Crippen molar-refractivity contribution >= 4 is 27.3 Å². The zero-order valence-corrected chi connectivity index (χ0v) is 16.4. The number of hydrogen-bond donors (Lipinski definition) is 0. The van der Waals surface area contributed by atoms with Crippen molar-refractivity contribution in [1.29, 1.82) is 0 Å². The summed E-state index contributed by atoms with van der Waals surface area (Å²) in [6.45, 7) is 1.42. The molecular formula is C17H21N3O8S. The summed E-state index contributed by atoms with van der Waals surface area (Å²) in [5.41, 5.74) is -0.679.